The molecule has 0 amide bonds. The molecule has 0 heterocycles. The van der Waals surface area contributed by atoms with E-state index in [9.17, 15) is 4.79 Å². The highest BCUT2D eigenvalue weighted by atomic mass is 16.4. The Balaban J connectivity index is 2.81. The summed E-state index contributed by atoms with van der Waals surface area (Å²) in [6.07, 6.45) is -0.0570. The minimum absolute atomic E-state index is 0.0570. The Bertz CT molecular complexity index is 301. The number of hydrogen-bond donors (Lipinski definition) is 2. The molecule has 0 bridgehead atoms. The summed E-state index contributed by atoms with van der Waals surface area (Å²) in [5, 5.41) is 8.02. The number of carboxylic acid groups (broad SMARTS) is 1. The van der Waals surface area contributed by atoms with Gasteiger partial charge in [0.15, 0.2) is 0 Å². The first-order valence-corrected chi connectivity index (χ1v) is 3.15. The first-order valence-electron chi connectivity index (χ1n) is 3.96. The van der Waals surface area contributed by atoms with Crippen LogP contribution < -0.4 is 0 Å². The second-order valence-corrected chi connectivity index (χ2v) is 2.16. The molecule has 1 aromatic rings. The smallest absolute Gasteiger partial charge is 0.307 e. The maximum Gasteiger partial charge on any atom is 0.307 e. The van der Waals surface area contributed by atoms with E-state index in [2.05, 4.69) is 10.2 Å². The number of carboxylic acids is 1. The van der Waals surface area contributed by atoms with Gasteiger partial charge in [0.2, 0.25) is 0 Å². The van der Waals surface area contributed by atoms with Crippen LogP contribution in [-0.4, -0.2) is 17.6 Å². The van der Waals surface area contributed by atoms with Crippen LogP contribution in [0.5, 0.6) is 5.75 Å². The van der Waals surface area contributed by atoms with Crippen molar-refractivity contribution >= 4 is 5.97 Å². The SMILES string of the molecule is [2H]OC(=O)Cc1ccccc1O[2H]. The van der Waals surface area contributed by atoms with Crippen LogP contribution in [0.25, 0.3) is 1.43 Å². The van der Waals surface area contributed by atoms with Crippen LogP contribution in [0.15, 0.2) is 24.3 Å². The van der Waals surface area contributed by atoms with Crippen molar-refractivity contribution in [2.45, 2.75) is 6.42 Å². The number of benzene rings is 1. The molecule has 0 aliphatic heterocycles. The highest BCUT2D eigenvalue weighted by Gasteiger charge is 2.03. The van der Waals surface area contributed by atoms with Gasteiger partial charge in [-0.1, -0.05) is 18.2 Å². The predicted octanol–water partition coefficient (Wildman–Crippen LogP) is 1.02. The molecule has 3 heteroatoms. The van der Waals surface area contributed by atoms with Gasteiger partial charge in [0.25, 0.3) is 2.86 Å². The van der Waals surface area contributed by atoms with E-state index in [1.54, 1.807) is 24.3 Å². The zero-order chi connectivity index (χ0) is 9.68. The lowest BCUT2D eigenvalue weighted by molar-refractivity contribution is -0.136. The van der Waals surface area contributed by atoms with E-state index < -0.39 is 5.97 Å². The molecule has 0 aliphatic carbocycles. The van der Waals surface area contributed by atoms with E-state index in [1.807, 2.05) is 0 Å². The monoisotopic (exact) mass is 154 g/mol. The van der Waals surface area contributed by atoms with Crippen molar-refractivity contribution in [3.63, 3.8) is 0 Å². The lowest BCUT2D eigenvalue weighted by Gasteiger charge is -1.98. The van der Waals surface area contributed by atoms with Gasteiger partial charge in [-0.25, -0.2) is 0 Å². The molecule has 0 unspecified atom stereocenters. The van der Waals surface area contributed by atoms with Crippen molar-refractivity contribution in [2.75, 3.05) is 0 Å². The average Bonchev–Trinajstić information content (AvgIpc) is 2.18. The molecule has 0 atom stereocenters. The largest absolute Gasteiger partial charge is 0.508 e. The van der Waals surface area contributed by atoms with Crippen molar-refractivity contribution in [3.8, 4) is 5.75 Å². The molecule has 0 aliphatic rings. The van der Waals surface area contributed by atoms with E-state index in [4.69, 9.17) is 2.86 Å². The molecule has 0 aromatic heterocycles. The third-order valence-corrected chi connectivity index (χ3v) is 1.31. The molecule has 0 saturated heterocycles. The summed E-state index contributed by atoms with van der Waals surface area (Å²) in [6, 6.07) is 6.62. The zero-order valence-corrected chi connectivity index (χ0v) is 5.74. The standard InChI is InChI=1S/C8H8O3/c9-7-4-2-1-3-6(7)5-8(10)11/h1-4,9H,5H2,(H,10,11)/i/hD2. The number of phenols is 1. The number of para-hydroxylation sites is 1. The number of aromatic hydroxyl groups is 1. The predicted molar refractivity (Wildman–Crippen MR) is 39.4 cm³/mol. The average molecular weight is 154 g/mol. The van der Waals surface area contributed by atoms with E-state index in [-0.39, 0.29) is 6.42 Å². The Kier molecular flexibility index (Phi) is 1.44. The summed E-state index contributed by atoms with van der Waals surface area (Å²) in [5.41, 5.74) is 0.537. The Labute approximate surface area is 66.9 Å². The molecule has 0 radical (unpaired) electrons. The van der Waals surface area contributed by atoms with Crippen LogP contribution >= 0.6 is 0 Å². The summed E-state index contributed by atoms with van der Waals surface area (Å²) >= 11 is 0. The van der Waals surface area contributed by atoms with Gasteiger partial charge in [-0.2, -0.15) is 0 Å². The lowest BCUT2D eigenvalue weighted by atomic mass is 10.1. The van der Waals surface area contributed by atoms with Gasteiger partial charge >= 0.3 is 5.97 Å². The maximum absolute atomic E-state index is 10.7. The molecule has 1 rings (SSSR count). The number of hydrogen-bond acceptors (Lipinski definition) is 3. The van der Waals surface area contributed by atoms with E-state index in [1.165, 1.54) is 0 Å². The highest BCUT2D eigenvalue weighted by Crippen LogP contribution is 2.15. The maximum atomic E-state index is 10.7. The van der Waals surface area contributed by atoms with Crippen molar-refractivity contribution in [1.29, 1.82) is 2.86 Å². The zero-order valence-electron chi connectivity index (χ0n) is 7.74. The van der Waals surface area contributed by atoms with E-state index in [0.717, 1.165) is 0 Å². The Hall–Kier alpha value is -1.51. The van der Waals surface area contributed by atoms with Crippen molar-refractivity contribution in [1.82, 2.24) is 0 Å². The van der Waals surface area contributed by atoms with Gasteiger partial charge in [0.05, 0.1) is 6.42 Å². The third kappa shape index (κ3) is 1.97. The fourth-order valence-corrected chi connectivity index (χ4v) is 0.805. The number of carbonyl (C=O) groups is 1. The van der Waals surface area contributed by atoms with Gasteiger partial charge in [-0.05, 0) is 6.07 Å². The summed E-state index contributed by atoms with van der Waals surface area (Å²) in [4.78, 5) is 10.7. The van der Waals surface area contributed by atoms with Gasteiger partial charge in [0.1, 0.15) is 5.75 Å². The number of phenolic OH excluding ortho intramolecular Hbond substituents is 1. The van der Waals surface area contributed by atoms with Gasteiger partial charge in [-0.15, -0.1) is 0 Å². The lowest BCUT2D eigenvalue weighted by Crippen LogP contribution is -1.99. The van der Waals surface area contributed by atoms with Crippen LogP contribution in [0.2, 0.25) is 0 Å². The van der Waals surface area contributed by atoms with Gasteiger partial charge in [0, 0.05) is 5.56 Å². The Morgan fingerprint density at radius 1 is 1.55 bits per heavy atom. The van der Waals surface area contributed by atoms with Crippen molar-refractivity contribution in [3.05, 3.63) is 29.8 Å². The van der Waals surface area contributed by atoms with Crippen molar-refractivity contribution < 1.29 is 15.0 Å². The molecule has 0 saturated carbocycles. The molecular weight excluding hydrogens is 144 g/mol. The normalized spacial score (nSPS) is 11.3. The fraction of sp³-hybridized carbons (Fsp3) is 0.125. The van der Waals surface area contributed by atoms with E-state index in [0.29, 0.717) is 11.3 Å². The molecule has 1 aromatic carbocycles. The minimum atomic E-state index is -0.676. The molecule has 58 valence electrons. The topological polar surface area (TPSA) is 57.5 Å². The summed E-state index contributed by atoms with van der Waals surface area (Å²) in [7, 11) is 0. The summed E-state index contributed by atoms with van der Waals surface area (Å²) in [6.45, 7) is 0. The van der Waals surface area contributed by atoms with Crippen LogP contribution in [-0.2, 0) is 11.2 Å². The highest BCUT2D eigenvalue weighted by molar-refractivity contribution is 5.71. The molecule has 3 nitrogen and oxygen atoms in total. The van der Waals surface area contributed by atoms with Gasteiger partial charge < -0.3 is 10.2 Å². The molecule has 0 fully saturated rings. The second kappa shape index (κ2) is 3.05. The third-order valence-electron chi connectivity index (χ3n) is 1.31. The number of aliphatic carboxylic acids is 1. The minimum Gasteiger partial charge on any atom is -0.508 e. The Morgan fingerprint density at radius 2 is 2.36 bits per heavy atom. The summed E-state index contributed by atoms with van der Waals surface area (Å²) in [5.74, 6) is -0.377. The van der Waals surface area contributed by atoms with Crippen molar-refractivity contribution in [2.24, 2.45) is 0 Å². The summed E-state index contributed by atoms with van der Waals surface area (Å²) < 4.78 is 13.0. The molecule has 0 spiro atoms. The molecule has 11 heavy (non-hydrogen) atoms. The molecule has 2 N–H and O–H groups in total. The molecular formula is C8H8O3. The first-order chi connectivity index (χ1) is 6.27. The van der Waals surface area contributed by atoms with Crippen LogP contribution in [0.4, 0.5) is 0 Å². The first kappa shape index (κ1) is 5.18. The number of rotatable bonds is 3. The van der Waals surface area contributed by atoms with Crippen LogP contribution in [0.1, 0.15) is 5.56 Å². The van der Waals surface area contributed by atoms with Crippen LogP contribution in [0, 0.1) is 0 Å². The second-order valence-electron chi connectivity index (χ2n) is 2.16. The van der Waals surface area contributed by atoms with Crippen LogP contribution in [0.3, 0.4) is 0 Å². The van der Waals surface area contributed by atoms with E-state index >= 15 is 0 Å². The quantitative estimate of drug-likeness (QED) is 0.683. The van der Waals surface area contributed by atoms with Gasteiger partial charge in [-0.3, -0.25) is 4.79 Å². The fourth-order valence-electron chi connectivity index (χ4n) is 0.805. The Morgan fingerprint density at radius 3 is 3.09 bits per heavy atom.